The maximum atomic E-state index is 12.1. The lowest BCUT2D eigenvalue weighted by atomic mass is 10.1. The van der Waals surface area contributed by atoms with Crippen LogP contribution < -0.4 is 10.1 Å². The van der Waals surface area contributed by atoms with Gasteiger partial charge in [0.15, 0.2) is 6.61 Å². The molecule has 0 unspecified atom stereocenters. The molecule has 1 amide bonds. The van der Waals surface area contributed by atoms with E-state index in [0.29, 0.717) is 10.8 Å². The summed E-state index contributed by atoms with van der Waals surface area (Å²) >= 11 is 5.88. The van der Waals surface area contributed by atoms with Crippen molar-refractivity contribution in [3.05, 3.63) is 28.8 Å². The molecule has 0 aliphatic heterocycles. The van der Waals surface area contributed by atoms with E-state index in [0.717, 1.165) is 25.7 Å². The standard InChI is InChI=1S/C17H22ClNO4/c1-22-15-9-8-12(18)10-14(15)17(21)23-11-16(20)19-13-6-4-2-3-5-7-13/h8-10,13H,2-7,11H2,1H3,(H,19,20). The zero-order valence-electron chi connectivity index (χ0n) is 13.3. The van der Waals surface area contributed by atoms with Crippen LogP contribution in [0, 0.1) is 0 Å². The van der Waals surface area contributed by atoms with Gasteiger partial charge in [-0.25, -0.2) is 4.79 Å². The molecule has 1 aromatic carbocycles. The van der Waals surface area contributed by atoms with Crippen molar-refractivity contribution in [1.82, 2.24) is 5.32 Å². The molecule has 1 aliphatic rings. The smallest absolute Gasteiger partial charge is 0.342 e. The molecule has 0 spiro atoms. The van der Waals surface area contributed by atoms with Gasteiger partial charge in [-0.15, -0.1) is 0 Å². The molecule has 1 fully saturated rings. The summed E-state index contributed by atoms with van der Waals surface area (Å²) in [5, 5.41) is 3.34. The maximum Gasteiger partial charge on any atom is 0.342 e. The van der Waals surface area contributed by atoms with Crippen molar-refractivity contribution in [3.63, 3.8) is 0 Å². The van der Waals surface area contributed by atoms with E-state index < -0.39 is 5.97 Å². The largest absolute Gasteiger partial charge is 0.496 e. The Morgan fingerprint density at radius 2 is 1.91 bits per heavy atom. The molecule has 0 heterocycles. The van der Waals surface area contributed by atoms with E-state index in [1.807, 2.05) is 0 Å². The van der Waals surface area contributed by atoms with Crippen LogP contribution in [0.1, 0.15) is 48.9 Å². The second-order valence-corrected chi connectivity index (χ2v) is 6.11. The van der Waals surface area contributed by atoms with Crippen LogP contribution in [0.5, 0.6) is 5.75 Å². The minimum absolute atomic E-state index is 0.185. The molecule has 2 rings (SSSR count). The Morgan fingerprint density at radius 3 is 2.57 bits per heavy atom. The van der Waals surface area contributed by atoms with Crippen molar-refractivity contribution >= 4 is 23.5 Å². The van der Waals surface area contributed by atoms with E-state index in [-0.39, 0.29) is 24.1 Å². The Hall–Kier alpha value is -1.75. The van der Waals surface area contributed by atoms with Crippen LogP contribution in [0.15, 0.2) is 18.2 Å². The molecule has 0 radical (unpaired) electrons. The highest BCUT2D eigenvalue weighted by molar-refractivity contribution is 6.31. The number of nitrogens with one attached hydrogen (secondary N) is 1. The van der Waals surface area contributed by atoms with E-state index in [4.69, 9.17) is 21.1 Å². The predicted octanol–water partition coefficient (Wildman–Crippen LogP) is 3.34. The summed E-state index contributed by atoms with van der Waals surface area (Å²) in [6, 6.07) is 4.86. The Morgan fingerprint density at radius 1 is 1.22 bits per heavy atom. The molecule has 0 bridgehead atoms. The van der Waals surface area contributed by atoms with Gasteiger partial charge in [0.1, 0.15) is 11.3 Å². The van der Waals surface area contributed by atoms with Crippen molar-refractivity contribution in [3.8, 4) is 5.75 Å². The van der Waals surface area contributed by atoms with E-state index >= 15 is 0 Å². The van der Waals surface area contributed by atoms with Gasteiger partial charge in [-0.05, 0) is 31.0 Å². The highest BCUT2D eigenvalue weighted by Gasteiger charge is 2.18. The monoisotopic (exact) mass is 339 g/mol. The molecule has 126 valence electrons. The van der Waals surface area contributed by atoms with Gasteiger partial charge in [-0.1, -0.05) is 37.3 Å². The minimum atomic E-state index is -0.625. The maximum absolute atomic E-state index is 12.1. The van der Waals surface area contributed by atoms with Gasteiger partial charge in [-0.2, -0.15) is 0 Å². The molecule has 23 heavy (non-hydrogen) atoms. The van der Waals surface area contributed by atoms with Gasteiger partial charge < -0.3 is 14.8 Å². The fourth-order valence-corrected chi connectivity index (χ4v) is 2.91. The minimum Gasteiger partial charge on any atom is -0.496 e. The van der Waals surface area contributed by atoms with Crippen molar-refractivity contribution in [2.45, 2.75) is 44.6 Å². The number of methoxy groups -OCH3 is 1. The van der Waals surface area contributed by atoms with Gasteiger partial charge in [0.25, 0.3) is 5.91 Å². The lowest BCUT2D eigenvalue weighted by Crippen LogP contribution is -2.37. The van der Waals surface area contributed by atoms with Crippen LogP contribution in [0.25, 0.3) is 0 Å². The van der Waals surface area contributed by atoms with Crippen LogP contribution >= 0.6 is 11.6 Å². The second kappa shape index (κ2) is 8.77. The first-order chi connectivity index (χ1) is 11.1. The summed E-state index contributed by atoms with van der Waals surface area (Å²) in [5.74, 6) is -0.532. The van der Waals surface area contributed by atoms with Crippen LogP contribution in [0.4, 0.5) is 0 Å². The Kier molecular flexibility index (Phi) is 6.71. The number of amides is 1. The van der Waals surface area contributed by atoms with E-state index in [9.17, 15) is 9.59 Å². The van der Waals surface area contributed by atoms with Crippen LogP contribution in [0.2, 0.25) is 5.02 Å². The summed E-state index contributed by atoms with van der Waals surface area (Å²) in [6.45, 7) is -0.301. The molecule has 5 nitrogen and oxygen atoms in total. The average molecular weight is 340 g/mol. The Labute approximate surface area is 141 Å². The first kappa shape index (κ1) is 17.6. The number of hydrogen-bond donors (Lipinski definition) is 1. The summed E-state index contributed by atoms with van der Waals surface area (Å²) in [6.07, 6.45) is 6.67. The zero-order valence-corrected chi connectivity index (χ0v) is 14.0. The molecule has 0 saturated heterocycles. The molecule has 6 heteroatoms. The number of rotatable bonds is 5. The lowest BCUT2D eigenvalue weighted by molar-refractivity contribution is -0.125. The van der Waals surface area contributed by atoms with E-state index in [1.54, 1.807) is 12.1 Å². The summed E-state index contributed by atoms with van der Waals surface area (Å²) in [4.78, 5) is 24.0. The number of ether oxygens (including phenoxy) is 2. The quantitative estimate of drug-likeness (QED) is 0.660. The van der Waals surface area contributed by atoms with Gasteiger partial charge in [0, 0.05) is 11.1 Å². The lowest BCUT2D eigenvalue weighted by Gasteiger charge is -2.16. The van der Waals surface area contributed by atoms with Gasteiger partial charge in [0.05, 0.1) is 7.11 Å². The molecule has 1 saturated carbocycles. The third-order valence-electron chi connectivity index (χ3n) is 3.94. The molecule has 0 aromatic heterocycles. The van der Waals surface area contributed by atoms with Gasteiger partial charge in [-0.3, -0.25) is 4.79 Å². The summed E-state index contributed by atoms with van der Waals surface area (Å²) in [7, 11) is 1.46. The van der Waals surface area contributed by atoms with Gasteiger partial charge >= 0.3 is 5.97 Å². The Balaban J connectivity index is 1.86. The van der Waals surface area contributed by atoms with Gasteiger partial charge in [0.2, 0.25) is 0 Å². The van der Waals surface area contributed by atoms with E-state index in [1.165, 1.54) is 26.0 Å². The molecule has 1 aliphatic carbocycles. The normalized spacial score (nSPS) is 15.6. The molecule has 1 N–H and O–H groups in total. The van der Waals surface area contributed by atoms with Crippen LogP contribution in [0.3, 0.4) is 0 Å². The number of carbonyl (C=O) groups is 2. The molecular formula is C17H22ClNO4. The first-order valence-electron chi connectivity index (χ1n) is 7.90. The first-order valence-corrected chi connectivity index (χ1v) is 8.28. The SMILES string of the molecule is COc1ccc(Cl)cc1C(=O)OCC(=O)NC1CCCCCC1. The van der Waals surface area contributed by atoms with Crippen molar-refractivity contribution in [2.75, 3.05) is 13.7 Å². The van der Waals surface area contributed by atoms with Crippen LogP contribution in [-0.4, -0.2) is 31.6 Å². The summed E-state index contributed by atoms with van der Waals surface area (Å²) in [5.41, 5.74) is 0.210. The second-order valence-electron chi connectivity index (χ2n) is 5.68. The third kappa shape index (κ3) is 5.43. The highest BCUT2D eigenvalue weighted by atomic mass is 35.5. The van der Waals surface area contributed by atoms with Crippen molar-refractivity contribution in [2.24, 2.45) is 0 Å². The number of carbonyl (C=O) groups excluding carboxylic acids is 2. The molecule has 1 aromatic rings. The number of benzene rings is 1. The third-order valence-corrected chi connectivity index (χ3v) is 4.17. The topological polar surface area (TPSA) is 64.6 Å². The molecule has 0 atom stereocenters. The summed E-state index contributed by atoms with van der Waals surface area (Å²) < 4.78 is 10.2. The average Bonchev–Trinajstić information content (AvgIpc) is 2.81. The van der Waals surface area contributed by atoms with Crippen LogP contribution in [-0.2, 0) is 9.53 Å². The number of esters is 1. The van der Waals surface area contributed by atoms with Crippen molar-refractivity contribution < 1.29 is 19.1 Å². The van der Waals surface area contributed by atoms with E-state index in [2.05, 4.69) is 5.32 Å². The highest BCUT2D eigenvalue weighted by Crippen LogP contribution is 2.23. The van der Waals surface area contributed by atoms with Crippen molar-refractivity contribution in [1.29, 1.82) is 0 Å². The molecular weight excluding hydrogens is 318 g/mol. The number of hydrogen-bond acceptors (Lipinski definition) is 4. The predicted molar refractivity (Wildman–Crippen MR) is 87.9 cm³/mol. The fraction of sp³-hybridized carbons (Fsp3) is 0.529. The number of halogens is 1. The zero-order chi connectivity index (χ0) is 16.7. The fourth-order valence-electron chi connectivity index (χ4n) is 2.74. The Bertz CT molecular complexity index is 554.